The Labute approximate surface area is 160 Å². The van der Waals surface area contributed by atoms with Crippen molar-refractivity contribution in [2.24, 2.45) is 0 Å². The van der Waals surface area contributed by atoms with E-state index in [0.29, 0.717) is 17.1 Å². The Morgan fingerprint density at radius 1 is 1.11 bits per heavy atom. The van der Waals surface area contributed by atoms with Crippen LogP contribution in [0, 0.1) is 0 Å². The van der Waals surface area contributed by atoms with Crippen LogP contribution in [0.15, 0.2) is 41.3 Å². The lowest BCUT2D eigenvalue weighted by Crippen LogP contribution is -2.22. The van der Waals surface area contributed by atoms with E-state index in [1.54, 1.807) is 36.0 Å². The second kappa shape index (κ2) is 8.13. The highest BCUT2D eigenvalue weighted by atomic mass is 32.2. The van der Waals surface area contributed by atoms with Gasteiger partial charge >= 0.3 is 5.97 Å². The number of benzene rings is 2. The molecule has 1 aliphatic heterocycles. The molecule has 1 N–H and O–H groups in total. The van der Waals surface area contributed by atoms with Crippen LogP contribution in [0.25, 0.3) is 0 Å². The maximum absolute atomic E-state index is 12.1. The van der Waals surface area contributed by atoms with Gasteiger partial charge in [0, 0.05) is 16.5 Å². The van der Waals surface area contributed by atoms with Gasteiger partial charge < -0.3 is 19.5 Å². The monoisotopic (exact) mass is 387 g/mol. The van der Waals surface area contributed by atoms with Gasteiger partial charge in [0.1, 0.15) is 0 Å². The molecule has 27 heavy (non-hydrogen) atoms. The highest BCUT2D eigenvalue weighted by molar-refractivity contribution is 7.98. The molecule has 0 spiro atoms. The van der Waals surface area contributed by atoms with Crippen molar-refractivity contribution in [3.8, 4) is 11.5 Å². The van der Waals surface area contributed by atoms with E-state index in [4.69, 9.17) is 14.2 Å². The molecule has 8 heteroatoms. The number of fused-ring (bicyclic) bond motifs is 1. The van der Waals surface area contributed by atoms with Gasteiger partial charge in [-0.25, -0.2) is 4.79 Å². The number of amides is 1. The van der Waals surface area contributed by atoms with Gasteiger partial charge in [-0.05, 0) is 43.5 Å². The van der Waals surface area contributed by atoms with Crippen molar-refractivity contribution in [1.29, 1.82) is 0 Å². The van der Waals surface area contributed by atoms with Crippen molar-refractivity contribution < 1.29 is 28.6 Å². The molecule has 0 saturated carbocycles. The predicted molar refractivity (Wildman–Crippen MR) is 99.7 cm³/mol. The maximum Gasteiger partial charge on any atom is 0.338 e. The molecule has 140 valence electrons. The van der Waals surface area contributed by atoms with Gasteiger partial charge in [-0.2, -0.15) is 0 Å². The van der Waals surface area contributed by atoms with Crippen LogP contribution in [0.3, 0.4) is 0 Å². The second-order valence-corrected chi connectivity index (χ2v) is 6.54. The van der Waals surface area contributed by atoms with Gasteiger partial charge in [0.2, 0.25) is 6.79 Å². The van der Waals surface area contributed by atoms with Crippen molar-refractivity contribution in [3.05, 3.63) is 47.5 Å². The number of rotatable bonds is 6. The summed E-state index contributed by atoms with van der Waals surface area (Å²) in [5.41, 5.74) is 0.914. The lowest BCUT2D eigenvalue weighted by molar-refractivity contribution is -0.119. The largest absolute Gasteiger partial charge is 0.454 e. The Kier molecular flexibility index (Phi) is 5.66. The third-order valence-electron chi connectivity index (χ3n) is 3.83. The standard InChI is InChI=1S/C19H17NO6S/c1-11(21)14-7-16-17(26-10-25-16)8-15(14)20-18(22)9-24-19(23)12-3-5-13(27-2)6-4-12/h3-8H,9-10H2,1-2H3,(H,20,22). The third kappa shape index (κ3) is 4.40. The molecule has 0 aliphatic carbocycles. The Morgan fingerprint density at radius 2 is 1.78 bits per heavy atom. The number of carbonyl (C=O) groups excluding carboxylic acids is 3. The Balaban J connectivity index is 1.64. The highest BCUT2D eigenvalue weighted by Crippen LogP contribution is 2.37. The van der Waals surface area contributed by atoms with E-state index in [-0.39, 0.29) is 23.8 Å². The summed E-state index contributed by atoms with van der Waals surface area (Å²) in [6.07, 6.45) is 1.93. The average Bonchev–Trinajstić information content (AvgIpc) is 3.12. The molecule has 2 aromatic carbocycles. The lowest BCUT2D eigenvalue weighted by atomic mass is 10.1. The van der Waals surface area contributed by atoms with Crippen LogP contribution in [-0.2, 0) is 9.53 Å². The van der Waals surface area contributed by atoms with E-state index in [2.05, 4.69) is 5.32 Å². The van der Waals surface area contributed by atoms with Gasteiger partial charge in [-0.15, -0.1) is 11.8 Å². The first kappa shape index (κ1) is 18.8. The van der Waals surface area contributed by atoms with Gasteiger partial charge in [-0.3, -0.25) is 9.59 Å². The SMILES string of the molecule is CSc1ccc(C(=O)OCC(=O)Nc2cc3c(cc2C(C)=O)OCO3)cc1. The van der Waals surface area contributed by atoms with Crippen LogP contribution >= 0.6 is 11.8 Å². The molecule has 0 radical (unpaired) electrons. The van der Waals surface area contributed by atoms with Crippen LogP contribution < -0.4 is 14.8 Å². The quantitative estimate of drug-likeness (QED) is 0.462. The summed E-state index contributed by atoms with van der Waals surface area (Å²) in [7, 11) is 0. The molecule has 7 nitrogen and oxygen atoms in total. The highest BCUT2D eigenvalue weighted by Gasteiger charge is 2.21. The van der Waals surface area contributed by atoms with Gasteiger partial charge in [0.05, 0.1) is 11.3 Å². The fourth-order valence-corrected chi connectivity index (χ4v) is 2.87. The smallest absolute Gasteiger partial charge is 0.338 e. The minimum Gasteiger partial charge on any atom is -0.454 e. The Bertz CT molecular complexity index is 894. The molecule has 0 saturated heterocycles. The first-order valence-electron chi connectivity index (χ1n) is 8.03. The van der Waals surface area contributed by atoms with Crippen LogP contribution in [0.1, 0.15) is 27.6 Å². The summed E-state index contributed by atoms with van der Waals surface area (Å²) in [5, 5.41) is 2.57. The number of nitrogens with one attached hydrogen (secondary N) is 1. The first-order valence-corrected chi connectivity index (χ1v) is 9.26. The Morgan fingerprint density at radius 3 is 2.41 bits per heavy atom. The molecular weight excluding hydrogens is 370 g/mol. The van der Waals surface area contributed by atoms with Gasteiger partial charge in [0.15, 0.2) is 23.9 Å². The predicted octanol–water partition coefficient (Wildman–Crippen LogP) is 3.14. The molecule has 0 atom stereocenters. The first-order chi connectivity index (χ1) is 13.0. The van der Waals surface area contributed by atoms with E-state index in [1.807, 2.05) is 6.26 Å². The Hall–Kier alpha value is -3.00. The zero-order valence-electron chi connectivity index (χ0n) is 14.7. The normalized spacial score (nSPS) is 11.8. The fraction of sp³-hybridized carbons (Fsp3) is 0.211. The van der Waals surface area contributed by atoms with E-state index in [0.717, 1.165) is 4.90 Å². The summed E-state index contributed by atoms with van der Waals surface area (Å²) in [6.45, 7) is 0.956. The molecule has 0 unspecified atom stereocenters. The zero-order valence-corrected chi connectivity index (χ0v) is 15.6. The zero-order chi connectivity index (χ0) is 19.4. The average molecular weight is 387 g/mol. The minimum atomic E-state index is -0.602. The number of Topliss-reactive ketones (excluding diaryl/α,β-unsaturated/α-hetero) is 1. The summed E-state index contributed by atoms with van der Waals surface area (Å²) < 4.78 is 15.5. The number of carbonyl (C=O) groups is 3. The molecule has 0 fully saturated rings. The van der Waals surface area contributed by atoms with Crippen LogP contribution in [0.4, 0.5) is 5.69 Å². The summed E-state index contributed by atoms with van der Waals surface area (Å²) in [5.74, 6) is -0.533. The lowest BCUT2D eigenvalue weighted by Gasteiger charge is -2.11. The third-order valence-corrected chi connectivity index (χ3v) is 4.57. The number of anilines is 1. The van der Waals surface area contributed by atoms with E-state index < -0.39 is 18.5 Å². The minimum absolute atomic E-state index is 0.0526. The van der Waals surface area contributed by atoms with Crippen molar-refractivity contribution in [1.82, 2.24) is 0 Å². The molecule has 1 heterocycles. The van der Waals surface area contributed by atoms with E-state index in [1.165, 1.54) is 19.1 Å². The van der Waals surface area contributed by atoms with Gasteiger partial charge in [0.25, 0.3) is 5.91 Å². The van der Waals surface area contributed by atoms with Crippen LogP contribution in [0.2, 0.25) is 0 Å². The van der Waals surface area contributed by atoms with Crippen molar-refractivity contribution in [2.45, 2.75) is 11.8 Å². The number of thioether (sulfide) groups is 1. The summed E-state index contributed by atoms with van der Waals surface area (Å²) >= 11 is 1.56. The molecule has 3 rings (SSSR count). The van der Waals surface area contributed by atoms with Crippen LogP contribution in [-0.4, -0.2) is 37.3 Å². The number of ketones is 1. The maximum atomic E-state index is 12.1. The van der Waals surface area contributed by atoms with Crippen molar-refractivity contribution in [3.63, 3.8) is 0 Å². The molecular formula is C19H17NO6S. The van der Waals surface area contributed by atoms with Gasteiger partial charge in [-0.1, -0.05) is 0 Å². The van der Waals surface area contributed by atoms with Crippen LogP contribution in [0.5, 0.6) is 11.5 Å². The van der Waals surface area contributed by atoms with Crippen molar-refractivity contribution >= 4 is 35.1 Å². The number of hydrogen-bond acceptors (Lipinski definition) is 7. The number of esters is 1. The summed E-state index contributed by atoms with van der Waals surface area (Å²) in [4.78, 5) is 37.0. The van der Waals surface area contributed by atoms with E-state index >= 15 is 0 Å². The molecule has 0 aromatic heterocycles. The summed E-state index contributed by atoms with van der Waals surface area (Å²) in [6, 6.07) is 9.90. The second-order valence-electron chi connectivity index (χ2n) is 5.66. The number of ether oxygens (including phenoxy) is 3. The molecule has 2 aromatic rings. The molecule has 1 amide bonds. The fourth-order valence-electron chi connectivity index (χ4n) is 2.46. The van der Waals surface area contributed by atoms with Crippen molar-refractivity contribution in [2.75, 3.05) is 25.0 Å². The van der Waals surface area contributed by atoms with E-state index in [9.17, 15) is 14.4 Å². The molecule has 1 aliphatic rings. The number of hydrogen-bond donors (Lipinski definition) is 1. The molecule has 0 bridgehead atoms. The topological polar surface area (TPSA) is 90.9 Å².